The zero-order valence-corrected chi connectivity index (χ0v) is 47.2. The number of allylic oxidation sites excluding steroid dienone is 2. The van der Waals surface area contributed by atoms with Crippen molar-refractivity contribution < 1.29 is 78.5 Å². The predicted molar refractivity (Wildman–Crippen MR) is 282 cm³/mol. The van der Waals surface area contributed by atoms with Crippen LogP contribution >= 0.6 is 0 Å². The van der Waals surface area contributed by atoms with Gasteiger partial charge in [0, 0.05) is 5.92 Å². The molecule has 0 heterocycles. The molecule has 0 aliphatic rings. The SMILES string of the molecule is CCCCCCC(CCCCCCCCCC(CCCCCC(C=O)CCCCC=CCCC(O)C(CCCCCCCCCC(CCCCCC)OS(=O)(=O)O)OS(=O)(=O)O)OS(=O)(=O)O)OS(=O)(=O)O. The van der Waals surface area contributed by atoms with Gasteiger partial charge in [-0.05, 0) is 83.5 Å². The van der Waals surface area contributed by atoms with Crippen LogP contribution in [0.1, 0.15) is 264 Å². The van der Waals surface area contributed by atoms with Gasteiger partial charge in [0.1, 0.15) is 12.4 Å². The lowest BCUT2D eigenvalue weighted by Gasteiger charge is -2.21. The molecular weight excluding hydrogens is 1020 g/mol. The van der Waals surface area contributed by atoms with Gasteiger partial charge in [-0.25, -0.2) is 16.7 Å². The van der Waals surface area contributed by atoms with Crippen molar-refractivity contribution in [1.82, 2.24) is 0 Å². The highest BCUT2D eigenvalue weighted by Gasteiger charge is 2.25. The minimum atomic E-state index is -4.76. The number of aliphatic hydroxyl groups excluding tert-OH is 1. The Morgan fingerprint density at radius 1 is 0.347 bits per heavy atom. The molecule has 0 aromatic heterocycles. The lowest BCUT2D eigenvalue weighted by atomic mass is 9.95. The predicted octanol–water partition coefficient (Wildman–Crippen LogP) is 12.7. The van der Waals surface area contributed by atoms with Crippen molar-refractivity contribution in [3.63, 3.8) is 0 Å². The van der Waals surface area contributed by atoms with Crippen LogP contribution < -0.4 is 0 Å². The van der Waals surface area contributed by atoms with Crippen LogP contribution in [0.4, 0.5) is 0 Å². The summed E-state index contributed by atoms with van der Waals surface area (Å²) in [6.45, 7) is 4.19. The molecule has 6 atom stereocenters. The minimum Gasteiger partial charge on any atom is -0.390 e. The van der Waals surface area contributed by atoms with Crippen LogP contribution in [0.25, 0.3) is 0 Å². The average molecular weight is 1120 g/mol. The van der Waals surface area contributed by atoms with Gasteiger partial charge in [-0.2, -0.15) is 33.7 Å². The fourth-order valence-electron chi connectivity index (χ4n) is 9.12. The van der Waals surface area contributed by atoms with Gasteiger partial charge in [0.05, 0.1) is 24.4 Å². The van der Waals surface area contributed by atoms with E-state index in [1.807, 2.05) is 12.2 Å². The summed E-state index contributed by atoms with van der Waals surface area (Å²) < 4.78 is 147. The third-order valence-electron chi connectivity index (χ3n) is 13.1. The first-order valence-corrected chi connectivity index (χ1v) is 32.9. The third-order valence-corrected chi connectivity index (χ3v) is 15.1. The Balaban J connectivity index is 4.37. The summed E-state index contributed by atoms with van der Waals surface area (Å²) in [4.78, 5) is 11.8. The number of aldehydes is 1. The molecule has 72 heavy (non-hydrogen) atoms. The number of rotatable bonds is 54. The molecule has 0 saturated heterocycles. The van der Waals surface area contributed by atoms with Gasteiger partial charge in [0.2, 0.25) is 0 Å². The highest BCUT2D eigenvalue weighted by Crippen LogP contribution is 2.23. The number of unbranched alkanes of at least 4 members (excludes halogenated alkanes) is 22. The van der Waals surface area contributed by atoms with E-state index in [-0.39, 0.29) is 18.8 Å². The fourth-order valence-corrected chi connectivity index (χ4v) is 11.3. The van der Waals surface area contributed by atoms with Gasteiger partial charge in [-0.1, -0.05) is 193 Å². The van der Waals surface area contributed by atoms with E-state index in [4.69, 9.17) is 25.8 Å². The first kappa shape index (κ1) is 70.8. The molecule has 0 aliphatic carbocycles. The maximum Gasteiger partial charge on any atom is 0.397 e. The van der Waals surface area contributed by atoms with Crippen molar-refractivity contribution in [2.75, 3.05) is 0 Å². The maximum absolute atomic E-state index is 11.8. The lowest BCUT2D eigenvalue weighted by molar-refractivity contribution is -0.111. The quantitative estimate of drug-likeness (QED) is 0.0164. The Kier molecular flexibility index (Phi) is 43.2. The van der Waals surface area contributed by atoms with E-state index in [1.54, 1.807) is 0 Å². The van der Waals surface area contributed by atoms with Crippen molar-refractivity contribution in [1.29, 1.82) is 0 Å². The molecule has 430 valence electrons. The Bertz CT molecular complexity index is 1780. The second-order valence-corrected chi connectivity index (χ2v) is 23.9. The van der Waals surface area contributed by atoms with E-state index < -0.39 is 72.1 Å². The molecule has 22 heteroatoms. The van der Waals surface area contributed by atoms with Crippen molar-refractivity contribution in [2.45, 2.75) is 295 Å². The summed E-state index contributed by atoms with van der Waals surface area (Å²) in [7, 11) is -18.3. The van der Waals surface area contributed by atoms with Gasteiger partial charge in [0.25, 0.3) is 0 Å². The molecule has 0 spiro atoms. The molecule has 5 N–H and O–H groups in total. The van der Waals surface area contributed by atoms with Crippen LogP contribution in [-0.4, -0.2) is 93.8 Å². The molecule has 0 aliphatic heterocycles. The van der Waals surface area contributed by atoms with Gasteiger partial charge < -0.3 is 9.90 Å². The zero-order valence-electron chi connectivity index (χ0n) is 43.9. The molecule has 0 fully saturated rings. The number of hydrogen-bond donors (Lipinski definition) is 5. The number of carbonyl (C=O) groups is 1. The monoisotopic (exact) mass is 1110 g/mol. The van der Waals surface area contributed by atoms with E-state index in [0.29, 0.717) is 57.8 Å². The van der Waals surface area contributed by atoms with Crippen molar-refractivity contribution in [3.8, 4) is 0 Å². The Labute approximate surface area is 437 Å². The number of hydrogen-bond acceptors (Lipinski definition) is 14. The van der Waals surface area contributed by atoms with Crippen LogP contribution in [-0.2, 0) is 63.1 Å². The molecule has 0 amide bonds. The van der Waals surface area contributed by atoms with Crippen LogP contribution in [0.2, 0.25) is 0 Å². The summed E-state index contributed by atoms with van der Waals surface area (Å²) in [5, 5.41) is 10.7. The summed E-state index contributed by atoms with van der Waals surface area (Å²) >= 11 is 0. The van der Waals surface area contributed by atoms with Gasteiger partial charge in [-0.3, -0.25) is 18.2 Å². The molecule has 0 radical (unpaired) electrons. The number of aliphatic hydroxyl groups is 1. The van der Waals surface area contributed by atoms with Crippen LogP contribution in [0.15, 0.2) is 12.2 Å². The van der Waals surface area contributed by atoms with Crippen molar-refractivity contribution in [2.24, 2.45) is 5.92 Å². The van der Waals surface area contributed by atoms with Gasteiger partial charge in [0.15, 0.2) is 0 Å². The topological polar surface area (TPSA) is 292 Å². The average Bonchev–Trinajstić information content (AvgIpc) is 3.28. The molecule has 18 nitrogen and oxygen atoms in total. The van der Waals surface area contributed by atoms with E-state index in [9.17, 15) is 52.7 Å². The minimum absolute atomic E-state index is 0.0816. The van der Waals surface area contributed by atoms with Crippen LogP contribution in [0.5, 0.6) is 0 Å². The Hall–Kier alpha value is -1.15. The molecule has 6 unspecified atom stereocenters. The fraction of sp³-hybridized carbons (Fsp3) is 0.940. The summed E-state index contributed by atoms with van der Waals surface area (Å²) in [6.07, 6.45) is 31.5. The molecule has 0 rings (SSSR count). The first-order chi connectivity index (χ1) is 34.1. The molecule has 0 aromatic carbocycles. The van der Waals surface area contributed by atoms with E-state index in [2.05, 4.69) is 13.8 Å². The standard InChI is InChI=1S/C50H98O18S4/c1-3-5-7-26-36-46(65-69(53,54)55)38-28-18-11-9-12-19-30-40-48(67-71(59,60)61)41-31-23-25-35-45(44-51)34-24-17-15-16-21-32-42-49(52)50(68-72(62,63)64)43-33-22-14-10-13-20-29-39-47(66-70(56,57)58)37-27-8-6-4-2/h16,21,44-50,52H,3-15,17-20,22-43H2,1-2H3,(H,53,54,55)(H,56,57,58)(H,59,60,61)(H,62,63,64). The highest BCUT2D eigenvalue weighted by atomic mass is 32.3. The molecule has 0 aromatic rings. The Morgan fingerprint density at radius 3 is 0.958 bits per heavy atom. The second kappa shape index (κ2) is 43.9. The number of carbonyl (C=O) groups excluding carboxylic acids is 1. The summed E-state index contributed by atoms with van der Waals surface area (Å²) in [6, 6.07) is 0. The summed E-state index contributed by atoms with van der Waals surface area (Å²) in [5.74, 6) is -0.0816. The molecule has 0 saturated carbocycles. The maximum atomic E-state index is 11.8. The van der Waals surface area contributed by atoms with Crippen LogP contribution in [0, 0.1) is 5.92 Å². The van der Waals surface area contributed by atoms with Gasteiger partial charge >= 0.3 is 41.6 Å². The van der Waals surface area contributed by atoms with Crippen molar-refractivity contribution in [3.05, 3.63) is 12.2 Å². The lowest BCUT2D eigenvalue weighted by Crippen LogP contribution is -2.31. The van der Waals surface area contributed by atoms with E-state index >= 15 is 0 Å². The Morgan fingerprint density at radius 2 is 0.625 bits per heavy atom. The summed E-state index contributed by atoms with van der Waals surface area (Å²) in [5.41, 5.74) is 0. The largest absolute Gasteiger partial charge is 0.397 e. The van der Waals surface area contributed by atoms with E-state index in [1.165, 1.54) is 0 Å². The first-order valence-electron chi connectivity index (χ1n) is 27.5. The zero-order chi connectivity index (χ0) is 54.0. The van der Waals surface area contributed by atoms with Gasteiger partial charge in [-0.15, -0.1) is 0 Å². The molecular formula is C50H98O18S4. The van der Waals surface area contributed by atoms with Crippen LogP contribution in [0.3, 0.4) is 0 Å². The second-order valence-electron chi connectivity index (χ2n) is 19.7. The van der Waals surface area contributed by atoms with E-state index in [0.717, 1.165) is 186 Å². The van der Waals surface area contributed by atoms with Crippen molar-refractivity contribution >= 4 is 47.9 Å². The smallest absolute Gasteiger partial charge is 0.390 e. The third kappa shape index (κ3) is 49.7. The normalized spacial score (nSPS) is 15.4. The highest BCUT2D eigenvalue weighted by molar-refractivity contribution is 7.81. The molecule has 0 bridgehead atoms.